The number of aromatic nitrogens is 4. The number of rotatable bonds is 11. The molecular weight excluding hydrogens is 416 g/mol. The number of carbonyl (C=O) groups is 2. The van der Waals surface area contributed by atoms with Gasteiger partial charge in [0.05, 0.1) is 29.3 Å². The maximum Gasteiger partial charge on any atom is 0.274 e. The van der Waals surface area contributed by atoms with Crippen LogP contribution in [0.25, 0.3) is 17.1 Å². The largest absolute Gasteiger partial charge is 0.352 e. The number of amides is 2. The normalized spacial score (nSPS) is 11.8. The van der Waals surface area contributed by atoms with Gasteiger partial charge in [-0.25, -0.2) is 4.68 Å². The van der Waals surface area contributed by atoms with Gasteiger partial charge < -0.3 is 10.2 Å². The van der Waals surface area contributed by atoms with Gasteiger partial charge in [0.25, 0.3) is 5.91 Å². The Balaban J connectivity index is 1.98. The number of pyridine rings is 2. The van der Waals surface area contributed by atoms with Gasteiger partial charge in [-0.2, -0.15) is 5.10 Å². The van der Waals surface area contributed by atoms with Gasteiger partial charge in [0.2, 0.25) is 6.41 Å². The molecule has 1 unspecified atom stereocenters. The Morgan fingerprint density at radius 3 is 2.58 bits per heavy atom. The highest BCUT2D eigenvalue weighted by Crippen LogP contribution is 2.25. The van der Waals surface area contributed by atoms with Crippen LogP contribution in [0.3, 0.4) is 0 Å². The summed E-state index contributed by atoms with van der Waals surface area (Å²) in [7, 11) is 1.75. The summed E-state index contributed by atoms with van der Waals surface area (Å²) in [5.74, 6) is -0.152. The number of aryl methyl sites for hydroxylation is 1. The number of unbranched alkanes of at least 4 members (excludes halogenated alkanes) is 2. The van der Waals surface area contributed by atoms with E-state index >= 15 is 0 Å². The Bertz CT molecular complexity index is 1060. The highest BCUT2D eigenvalue weighted by Gasteiger charge is 2.20. The van der Waals surface area contributed by atoms with Crippen molar-refractivity contribution in [3.63, 3.8) is 0 Å². The van der Waals surface area contributed by atoms with Crippen molar-refractivity contribution in [3.8, 4) is 17.1 Å². The molecule has 0 saturated heterocycles. The fourth-order valence-corrected chi connectivity index (χ4v) is 3.58. The fraction of sp³-hybridized carbons (Fsp3) is 0.400. The van der Waals surface area contributed by atoms with E-state index in [0.717, 1.165) is 49.0 Å². The predicted octanol–water partition coefficient (Wildman–Crippen LogP) is 4.10. The third-order valence-electron chi connectivity index (χ3n) is 5.71. The van der Waals surface area contributed by atoms with Crippen LogP contribution in [0.4, 0.5) is 0 Å². The quantitative estimate of drug-likeness (QED) is 0.352. The second-order valence-corrected chi connectivity index (χ2v) is 8.11. The molecule has 1 atom stereocenters. The van der Waals surface area contributed by atoms with E-state index in [1.165, 1.54) is 0 Å². The van der Waals surface area contributed by atoms with Crippen LogP contribution < -0.4 is 5.32 Å². The van der Waals surface area contributed by atoms with Crippen LogP contribution in [0.5, 0.6) is 0 Å². The average molecular weight is 449 g/mol. The van der Waals surface area contributed by atoms with Crippen LogP contribution in [-0.4, -0.2) is 50.6 Å². The maximum absolute atomic E-state index is 12.8. The van der Waals surface area contributed by atoms with E-state index in [-0.39, 0.29) is 11.9 Å². The lowest BCUT2D eigenvalue weighted by atomic mass is 10.0. The van der Waals surface area contributed by atoms with E-state index in [1.54, 1.807) is 35.1 Å². The molecule has 2 amide bonds. The first-order chi connectivity index (χ1) is 16.0. The van der Waals surface area contributed by atoms with Gasteiger partial charge in [-0.3, -0.25) is 19.6 Å². The Morgan fingerprint density at radius 2 is 1.97 bits per heavy atom. The topological polar surface area (TPSA) is 93.0 Å². The summed E-state index contributed by atoms with van der Waals surface area (Å²) in [5, 5.41) is 7.48. The van der Waals surface area contributed by atoms with Gasteiger partial charge >= 0.3 is 0 Å². The van der Waals surface area contributed by atoms with E-state index in [9.17, 15) is 9.59 Å². The molecule has 0 saturated carbocycles. The van der Waals surface area contributed by atoms with Gasteiger partial charge in [0.1, 0.15) is 0 Å². The van der Waals surface area contributed by atoms with E-state index in [1.807, 2.05) is 38.1 Å². The van der Waals surface area contributed by atoms with Crippen LogP contribution in [0.2, 0.25) is 0 Å². The van der Waals surface area contributed by atoms with Gasteiger partial charge in [-0.05, 0) is 50.1 Å². The number of nitrogens with one attached hydrogen (secondary N) is 1. The third-order valence-corrected chi connectivity index (χ3v) is 5.71. The molecule has 3 heterocycles. The molecule has 8 nitrogen and oxygen atoms in total. The van der Waals surface area contributed by atoms with Crippen LogP contribution in [0, 0.1) is 6.92 Å². The van der Waals surface area contributed by atoms with Crippen molar-refractivity contribution < 1.29 is 9.59 Å². The minimum atomic E-state index is -0.152. The molecule has 0 spiro atoms. The summed E-state index contributed by atoms with van der Waals surface area (Å²) in [6, 6.07) is 9.39. The minimum absolute atomic E-state index is 0.0721. The number of carbonyl (C=O) groups excluding carboxylic acids is 2. The monoisotopic (exact) mass is 448 g/mol. The molecule has 0 aromatic carbocycles. The van der Waals surface area contributed by atoms with Gasteiger partial charge in [-0.15, -0.1) is 0 Å². The van der Waals surface area contributed by atoms with Crippen molar-refractivity contribution >= 4 is 12.3 Å². The molecule has 0 bridgehead atoms. The van der Waals surface area contributed by atoms with E-state index in [0.29, 0.717) is 23.6 Å². The zero-order valence-electron chi connectivity index (χ0n) is 19.8. The molecule has 0 aliphatic carbocycles. The minimum Gasteiger partial charge on any atom is -0.352 e. The second kappa shape index (κ2) is 11.4. The molecule has 3 aromatic rings. The lowest BCUT2D eigenvalue weighted by molar-refractivity contribution is -0.110. The van der Waals surface area contributed by atoms with Crippen LogP contribution >= 0.6 is 0 Å². The van der Waals surface area contributed by atoms with Crippen molar-refractivity contribution in [3.05, 3.63) is 59.7 Å². The standard InChI is InChI=1S/C25H32N6O2/c1-5-7-8-9-21(28-17-32)19-11-13-22(27-15-19)24-14-23(25(33)30(4)6-2)29-31(24)20-12-10-18(3)26-16-20/h10-17,21H,5-9H2,1-4H3,(H,28,32). The molecule has 0 fully saturated rings. The van der Waals surface area contributed by atoms with Crippen molar-refractivity contribution in [2.75, 3.05) is 13.6 Å². The van der Waals surface area contributed by atoms with E-state index in [2.05, 4.69) is 27.3 Å². The molecule has 0 aliphatic heterocycles. The Hall–Kier alpha value is -3.55. The van der Waals surface area contributed by atoms with Crippen LogP contribution in [0.1, 0.15) is 67.3 Å². The summed E-state index contributed by atoms with van der Waals surface area (Å²) < 4.78 is 1.70. The van der Waals surface area contributed by atoms with Crippen molar-refractivity contribution in [2.45, 2.75) is 52.5 Å². The van der Waals surface area contributed by atoms with Crippen LogP contribution in [0.15, 0.2) is 42.7 Å². The lowest BCUT2D eigenvalue weighted by Gasteiger charge is -2.16. The number of nitrogens with zero attached hydrogens (tertiary/aromatic N) is 5. The van der Waals surface area contributed by atoms with Crippen molar-refractivity contribution in [2.24, 2.45) is 0 Å². The highest BCUT2D eigenvalue weighted by atomic mass is 16.2. The lowest BCUT2D eigenvalue weighted by Crippen LogP contribution is -2.26. The molecule has 0 aliphatic rings. The van der Waals surface area contributed by atoms with Gasteiger partial charge in [0, 0.05) is 25.5 Å². The van der Waals surface area contributed by atoms with Crippen molar-refractivity contribution in [1.82, 2.24) is 30.0 Å². The number of hydrogen-bond donors (Lipinski definition) is 1. The van der Waals surface area contributed by atoms with E-state index in [4.69, 9.17) is 0 Å². The first kappa shape index (κ1) is 24.1. The molecule has 174 valence electrons. The molecule has 3 aromatic heterocycles. The molecule has 8 heteroatoms. The summed E-state index contributed by atoms with van der Waals surface area (Å²) in [4.78, 5) is 34.5. The summed E-state index contributed by atoms with van der Waals surface area (Å²) in [6.07, 6.45) is 8.40. The average Bonchev–Trinajstić information content (AvgIpc) is 3.28. The highest BCUT2D eigenvalue weighted by molar-refractivity contribution is 5.93. The summed E-state index contributed by atoms with van der Waals surface area (Å²) >= 11 is 0. The van der Waals surface area contributed by atoms with Gasteiger partial charge in [0.15, 0.2) is 5.69 Å². The first-order valence-electron chi connectivity index (χ1n) is 11.4. The Morgan fingerprint density at radius 1 is 1.15 bits per heavy atom. The zero-order chi connectivity index (χ0) is 23.8. The summed E-state index contributed by atoms with van der Waals surface area (Å²) in [5.41, 5.74) is 4.33. The molecule has 1 N–H and O–H groups in total. The Kier molecular flexibility index (Phi) is 8.29. The Labute approximate surface area is 195 Å². The molecule has 33 heavy (non-hydrogen) atoms. The SMILES string of the molecule is CCCCCC(NC=O)c1ccc(-c2cc(C(=O)N(C)CC)nn2-c2ccc(C)nc2)nc1. The summed E-state index contributed by atoms with van der Waals surface area (Å²) in [6.45, 7) is 6.58. The predicted molar refractivity (Wildman–Crippen MR) is 128 cm³/mol. The molecule has 3 rings (SSSR count). The fourth-order valence-electron chi connectivity index (χ4n) is 3.58. The second-order valence-electron chi connectivity index (χ2n) is 8.11. The first-order valence-corrected chi connectivity index (χ1v) is 11.4. The molecular formula is C25H32N6O2. The number of hydrogen-bond acceptors (Lipinski definition) is 5. The van der Waals surface area contributed by atoms with Crippen molar-refractivity contribution in [1.29, 1.82) is 0 Å². The molecule has 0 radical (unpaired) electrons. The maximum atomic E-state index is 12.8. The van der Waals surface area contributed by atoms with Gasteiger partial charge in [-0.1, -0.05) is 32.3 Å². The third kappa shape index (κ3) is 5.83. The van der Waals surface area contributed by atoms with Crippen LogP contribution in [-0.2, 0) is 4.79 Å². The smallest absolute Gasteiger partial charge is 0.274 e. The van der Waals surface area contributed by atoms with E-state index < -0.39 is 0 Å². The zero-order valence-corrected chi connectivity index (χ0v) is 19.8.